The lowest BCUT2D eigenvalue weighted by Crippen LogP contribution is -2.32. The first kappa shape index (κ1) is 22.9. The van der Waals surface area contributed by atoms with Gasteiger partial charge in [0.25, 0.3) is 15.9 Å². The number of sulfonamides is 1. The van der Waals surface area contributed by atoms with Crippen molar-refractivity contribution in [1.82, 2.24) is 0 Å². The van der Waals surface area contributed by atoms with Crippen molar-refractivity contribution in [2.45, 2.75) is 24.3 Å². The number of benzene rings is 3. The Bertz CT molecular complexity index is 1150. The van der Waals surface area contributed by atoms with E-state index in [0.717, 1.165) is 0 Å². The van der Waals surface area contributed by atoms with Gasteiger partial charge in [-0.3, -0.25) is 9.52 Å². The molecule has 0 bridgehead atoms. The topological polar surface area (TPSA) is 84.5 Å². The Hall–Kier alpha value is -2.74. The summed E-state index contributed by atoms with van der Waals surface area (Å²) in [6, 6.07) is 19.3. The maximum atomic E-state index is 12.6. The molecule has 0 saturated carbocycles. The van der Waals surface area contributed by atoms with Gasteiger partial charge in [-0.05, 0) is 61.0 Å². The van der Waals surface area contributed by atoms with E-state index in [9.17, 15) is 13.2 Å². The highest BCUT2D eigenvalue weighted by Crippen LogP contribution is 2.28. The molecule has 0 unspecified atom stereocenters. The van der Waals surface area contributed by atoms with Crippen LogP contribution < -0.4 is 14.8 Å². The second-order valence-electron chi connectivity index (χ2n) is 6.57. The van der Waals surface area contributed by atoms with Crippen LogP contribution >= 0.6 is 23.2 Å². The van der Waals surface area contributed by atoms with Gasteiger partial charge < -0.3 is 10.1 Å². The Labute approximate surface area is 191 Å². The number of ether oxygens (including phenoxy) is 1. The molecule has 1 atom stereocenters. The maximum Gasteiger partial charge on any atom is 0.265 e. The van der Waals surface area contributed by atoms with Crippen molar-refractivity contribution in [3.63, 3.8) is 0 Å². The van der Waals surface area contributed by atoms with Gasteiger partial charge in [0, 0.05) is 10.7 Å². The van der Waals surface area contributed by atoms with Gasteiger partial charge in [0.1, 0.15) is 5.75 Å². The van der Waals surface area contributed by atoms with Crippen molar-refractivity contribution in [3.05, 3.63) is 82.8 Å². The highest BCUT2D eigenvalue weighted by molar-refractivity contribution is 7.92. The number of para-hydroxylation sites is 1. The van der Waals surface area contributed by atoms with Crippen LogP contribution in [0.2, 0.25) is 10.0 Å². The van der Waals surface area contributed by atoms with Crippen LogP contribution in [0.25, 0.3) is 0 Å². The predicted molar refractivity (Wildman–Crippen MR) is 123 cm³/mol. The van der Waals surface area contributed by atoms with Crippen molar-refractivity contribution in [3.8, 4) is 5.75 Å². The van der Waals surface area contributed by atoms with Crippen molar-refractivity contribution in [2.24, 2.45) is 0 Å². The molecule has 3 aromatic carbocycles. The van der Waals surface area contributed by atoms with Crippen LogP contribution in [0, 0.1) is 0 Å². The summed E-state index contributed by atoms with van der Waals surface area (Å²) in [7, 11) is -3.87. The molecule has 0 aliphatic carbocycles. The minimum atomic E-state index is -3.87. The quantitative estimate of drug-likeness (QED) is 0.441. The number of nitrogens with one attached hydrogen (secondary N) is 2. The fourth-order valence-corrected chi connectivity index (χ4v) is 4.29. The number of carbonyl (C=O) groups excluding carboxylic acids is 1. The highest BCUT2D eigenvalue weighted by atomic mass is 35.5. The summed E-state index contributed by atoms with van der Waals surface area (Å²) in [6.07, 6.45) is -0.210. The molecule has 162 valence electrons. The minimum absolute atomic E-state index is 0.0177. The van der Waals surface area contributed by atoms with E-state index in [1.54, 1.807) is 12.1 Å². The first-order chi connectivity index (χ1) is 14.8. The molecule has 6 nitrogen and oxygen atoms in total. The molecule has 31 heavy (non-hydrogen) atoms. The molecule has 0 fully saturated rings. The van der Waals surface area contributed by atoms with E-state index in [1.165, 1.54) is 42.5 Å². The second kappa shape index (κ2) is 10.0. The van der Waals surface area contributed by atoms with E-state index in [1.807, 2.05) is 25.1 Å². The lowest BCUT2D eigenvalue weighted by atomic mass is 10.2. The Morgan fingerprint density at radius 3 is 2.29 bits per heavy atom. The van der Waals surface area contributed by atoms with Gasteiger partial charge in [0.15, 0.2) is 6.10 Å². The lowest BCUT2D eigenvalue weighted by molar-refractivity contribution is -0.122. The molecule has 2 N–H and O–H groups in total. The van der Waals surface area contributed by atoms with Crippen LogP contribution in [-0.2, 0) is 14.8 Å². The van der Waals surface area contributed by atoms with Crippen molar-refractivity contribution in [2.75, 3.05) is 10.0 Å². The van der Waals surface area contributed by atoms with Crippen LogP contribution in [-0.4, -0.2) is 20.4 Å². The molecule has 3 rings (SSSR count). The first-order valence-corrected chi connectivity index (χ1v) is 11.6. The zero-order chi connectivity index (χ0) is 22.4. The van der Waals surface area contributed by atoms with Gasteiger partial charge in [-0.15, -0.1) is 0 Å². The third kappa shape index (κ3) is 6.13. The molecular weight excluding hydrogens is 459 g/mol. The fraction of sp³-hybridized carbons (Fsp3) is 0.136. The van der Waals surface area contributed by atoms with Crippen LogP contribution in [0.15, 0.2) is 77.7 Å². The molecule has 0 aliphatic rings. The highest BCUT2D eigenvalue weighted by Gasteiger charge is 2.20. The Morgan fingerprint density at radius 1 is 1.00 bits per heavy atom. The van der Waals surface area contributed by atoms with E-state index >= 15 is 0 Å². The van der Waals surface area contributed by atoms with Gasteiger partial charge in [0.05, 0.1) is 15.6 Å². The Kier molecular flexibility index (Phi) is 7.43. The molecule has 3 aromatic rings. The number of halogens is 2. The van der Waals surface area contributed by atoms with Crippen LogP contribution in [0.3, 0.4) is 0 Å². The SMILES string of the molecule is CC[C@@H](Oc1ccccc1)C(=O)Nc1ccc(S(=O)(=O)Nc2ccc(Cl)cc2Cl)cc1. The van der Waals surface area contributed by atoms with Crippen molar-refractivity contribution in [1.29, 1.82) is 0 Å². The van der Waals surface area contributed by atoms with Crippen molar-refractivity contribution >= 4 is 50.5 Å². The van der Waals surface area contributed by atoms with E-state index in [4.69, 9.17) is 27.9 Å². The van der Waals surface area contributed by atoms with E-state index < -0.39 is 16.1 Å². The summed E-state index contributed by atoms with van der Waals surface area (Å²) in [5, 5.41) is 3.32. The van der Waals surface area contributed by atoms with Gasteiger partial charge >= 0.3 is 0 Å². The fourth-order valence-electron chi connectivity index (χ4n) is 2.70. The molecule has 0 saturated heterocycles. The van der Waals surface area contributed by atoms with Gasteiger partial charge in [-0.25, -0.2) is 8.42 Å². The minimum Gasteiger partial charge on any atom is -0.481 e. The number of hydrogen-bond acceptors (Lipinski definition) is 4. The molecule has 0 radical (unpaired) electrons. The van der Waals surface area contributed by atoms with Crippen LogP contribution in [0.1, 0.15) is 13.3 Å². The number of anilines is 2. The van der Waals surface area contributed by atoms with Gasteiger partial charge in [-0.1, -0.05) is 48.3 Å². The molecular formula is C22H20Cl2N2O4S. The molecule has 0 aliphatic heterocycles. The predicted octanol–water partition coefficient (Wildman–Crippen LogP) is 5.59. The van der Waals surface area contributed by atoms with Gasteiger partial charge in [-0.2, -0.15) is 0 Å². The largest absolute Gasteiger partial charge is 0.481 e. The zero-order valence-electron chi connectivity index (χ0n) is 16.5. The Balaban J connectivity index is 1.68. The average molecular weight is 479 g/mol. The van der Waals surface area contributed by atoms with E-state index in [2.05, 4.69) is 10.0 Å². The van der Waals surface area contributed by atoms with Crippen LogP contribution in [0.4, 0.5) is 11.4 Å². The lowest BCUT2D eigenvalue weighted by Gasteiger charge is -2.17. The molecule has 0 spiro atoms. The number of amides is 1. The summed E-state index contributed by atoms with van der Waals surface area (Å²) < 4.78 is 33.4. The summed E-state index contributed by atoms with van der Waals surface area (Å²) >= 11 is 11.9. The monoisotopic (exact) mass is 478 g/mol. The zero-order valence-corrected chi connectivity index (χ0v) is 18.8. The molecule has 0 aromatic heterocycles. The number of rotatable bonds is 8. The smallest absolute Gasteiger partial charge is 0.265 e. The number of hydrogen-bond donors (Lipinski definition) is 2. The average Bonchev–Trinajstić information content (AvgIpc) is 2.75. The van der Waals surface area contributed by atoms with Gasteiger partial charge in [0.2, 0.25) is 0 Å². The van der Waals surface area contributed by atoms with E-state index in [-0.39, 0.29) is 21.5 Å². The first-order valence-electron chi connectivity index (χ1n) is 9.39. The summed E-state index contributed by atoms with van der Waals surface area (Å²) in [5.41, 5.74) is 0.663. The third-order valence-electron chi connectivity index (χ3n) is 4.29. The maximum absolute atomic E-state index is 12.6. The second-order valence-corrected chi connectivity index (χ2v) is 9.10. The molecule has 9 heteroatoms. The standard InChI is InChI=1S/C22H20Cl2N2O4S/c1-2-21(30-17-6-4-3-5-7-17)22(27)25-16-9-11-18(12-10-16)31(28,29)26-20-13-8-15(23)14-19(20)24/h3-14,21,26H,2H2,1H3,(H,25,27)/t21-/m1/s1. The summed E-state index contributed by atoms with van der Waals surface area (Å²) in [6.45, 7) is 1.84. The Morgan fingerprint density at radius 2 is 1.68 bits per heavy atom. The normalized spacial score (nSPS) is 12.1. The van der Waals surface area contributed by atoms with E-state index in [0.29, 0.717) is 22.9 Å². The third-order valence-corrected chi connectivity index (χ3v) is 6.22. The summed E-state index contributed by atoms with van der Waals surface area (Å²) in [4.78, 5) is 12.6. The molecule has 1 amide bonds. The summed E-state index contributed by atoms with van der Waals surface area (Å²) in [5.74, 6) is 0.269. The van der Waals surface area contributed by atoms with Crippen molar-refractivity contribution < 1.29 is 17.9 Å². The number of carbonyl (C=O) groups is 1. The van der Waals surface area contributed by atoms with Crippen LogP contribution in [0.5, 0.6) is 5.75 Å². The molecule has 0 heterocycles.